The molecule has 0 unspecified atom stereocenters. The molecular formula is C11H15N3O. The minimum Gasteiger partial charge on any atom is -0.397 e. The molecule has 0 spiro atoms. The van der Waals surface area contributed by atoms with Crippen molar-refractivity contribution in [2.24, 2.45) is 5.73 Å². The number of nitrogen functional groups attached to an aromatic ring is 1. The van der Waals surface area contributed by atoms with Crippen molar-refractivity contribution in [2.45, 2.75) is 12.8 Å². The first kappa shape index (κ1) is 9.83. The topological polar surface area (TPSA) is 72.3 Å². The van der Waals surface area contributed by atoms with Crippen LogP contribution in [0.4, 0.5) is 11.4 Å². The minimum absolute atomic E-state index is 0.407. The van der Waals surface area contributed by atoms with Crippen molar-refractivity contribution in [3.63, 3.8) is 0 Å². The Labute approximate surface area is 88.9 Å². The van der Waals surface area contributed by atoms with Crippen LogP contribution in [0.5, 0.6) is 0 Å². The second-order valence-corrected chi connectivity index (χ2v) is 3.83. The maximum absolute atomic E-state index is 11.0. The first-order chi connectivity index (χ1) is 7.18. The standard InChI is InChI=1S/C11H15N3O/c12-9-4-3-8(11(13)15)7-10(9)14-5-1-2-6-14/h3-4,7H,1-2,5-6,12H2,(H2,13,15). The van der Waals surface area contributed by atoms with E-state index in [0.717, 1.165) is 18.8 Å². The molecule has 0 radical (unpaired) electrons. The van der Waals surface area contributed by atoms with Gasteiger partial charge in [-0.05, 0) is 31.0 Å². The summed E-state index contributed by atoms with van der Waals surface area (Å²) >= 11 is 0. The van der Waals surface area contributed by atoms with Crippen LogP contribution in [0.2, 0.25) is 0 Å². The molecule has 80 valence electrons. The summed E-state index contributed by atoms with van der Waals surface area (Å²) in [6.45, 7) is 2.01. The van der Waals surface area contributed by atoms with Crippen LogP contribution >= 0.6 is 0 Å². The molecule has 4 nitrogen and oxygen atoms in total. The minimum atomic E-state index is -0.407. The number of amides is 1. The fraction of sp³-hybridized carbons (Fsp3) is 0.364. The maximum atomic E-state index is 11.0. The molecule has 1 saturated heterocycles. The van der Waals surface area contributed by atoms with Crippen LogP contribution in [0, 0.1) is 0 Å². The van der Waals surface area contributed by atoms with Gasteiger partial charge in [-0.25, -0.2) is 0 Å². The lowest BCUT2D eigenvalue weighted by Gasteiger charge is -2.20. The first-order valence-corrected chi connectivity index (χ1v) is 5.13. The molecule has 0 atom stereocenters. The second kappa shape index (κ2) is 3.81. The fourth-order valence-electron chi connectivity index (χ4n) is 1.93. The molecule has 0 aromatic heterocycles. The summed E-state index contributed by atoms with van der Waals surface area (Å²) in [4.78, 5) is 13.2. The molecule has 1 heterocycles. The summed E-state index contributed by atoms with van der Waals surface area (Å²) in [5, 5.41) is 0. The number of nitrogens with zero attached hydrogens (tertiary/aromatic N) is 1. The van der Waals surface area contributed by atoms with Crippen molar-refractivity contribution in [1.82, 2.24) is 0 Å². The Morgan fingerprint density at radius 1 is 1.27 bits per heavy atom. The van der Waals surface area contributed by atoms with Gasteiger partial charge in [0.15, 0.2) is 0 Å². The molecule has 0 saturated carbocycles. The Kier molecular flexibility index (Phi) is 2.49. The zero-order chi connectivity index (χ0) is 10.8. The molecule has 4 heteroatoms. The van der Waals surface area contributed by atoms with Gasteiger partial charge in [-0.15, -0.1) is 0 Å². The van der Waals surface area contributed by atoms with E-state index in [2.05, 4.69) is 4.90 Å². The average molecular weight is 205 g/mol. The predicted octanol–water partition coefficient (Wildman–Crippen LogP) is 0.968. The number of hydrogen-bond acceptors (Lipinski definition) is 3. The van der Waals surface area contributed by atoms with Gasteiger partial charge in [-0.3, -0.25) is 4.79 Å². The number of carbonyl (C=O) groups is 1. The van der Waals surface area contributed by atoms with Crippen LogP contribution in [-0.2, 0) is 0 Å². The number of primary amides is 1. The summed E-state index contributed by atoms with van der Waals surface area (Å²) in [5.41, 5.74) is 13.3. The van der Waals surface area contributed by atoms with E-state index in [1.807, 2.05) is 0 Å². The molecule has 1 aromatic carbocycles. The second-order valence-electron chi connectivity index (χ2n) is 3.83. The van der Waals surface area contributed by atoms with Crippen LogP contribution in [0.1, 0.15) is 23.2 Å². The Bertz CT molecular complexity index is 383. The Hall–Kier alpha value is -1.71. The van der Waals surface area contributed by atoms with Crippen molar-refractivity contribution in [3.05, 3.63) is 23.8 Å². The van der Waals surface area contributed by atoms with Crippen LogP contribution in [0.3, 0.4) is 0 Å². The normalized spacial score (nSPS) is 15.6. The van der Waals surface area contributed by atoms with E-state index in [-0.39, 0.29) is 0 Å². The van der Waals surface area contributed by atoms with Crippen LogP contribution in [0.15, 0.2) is 18.2 Å². The number of anilines is 2. The number of rotatable bonds is 2. The number of nitrogens with two attached hydrogens (primary N) is 2. The molecular weight excluding hydrogens is 190 g/mol. The van der Waals surface area contributed by atoms with Crippen molar-refractivity contribution in [2.75, 3.05) is 23.7 Å². The molecule has 1 aromatic rings. The van der Waals surface area contributed by atoms with E-state index < -0.39 is 5.91 Å². The van der Waals surface area contributed by atoms with Gasteiger partial charge in [0.2, 0.25) is 5.91 Å². The summed E-state index contributed by atoms with van der Waals surface area (Å²) in [6, 6.07) is 5.19. The van der Waals surface area contributed by atoms with Crippen molar-refractivity contribution >= 4 is 17.3 Å². The number of benzene rings is 1. The highest BCUT2D eigenvalue weighted by molar-refractivity contribution is 5.95. The van der Waals surface area contributed by atoms with Gasteiger partial charge in [0.25, 0.3) is 0 Å². The van der Waals surface area contributed by atoms with E-state index in [0.29, 0.717) is 11.3 Å². The lowest BCUT2D eigenvalue weighted by atomic mass is 10.1. The smallest absolute Gasteiger partial charge is 0.248 e. The summed E-state index contributed by atoms with van der Waals surface area (Å²) in [6.07, 6.45) is 2.36. The third-order valence-corrected chi connectivity index (χ3v) is 2.76. The molecule has 1 amide bonds. The Morgan fingerprint density at radius 2 is 1.93 bits per heavy atom. The van der Waals surface area contributed by atoms with E-state index in [1.165, 1.54) is 12.8 Å². The molecule has 0 aliphatic carbocycles. The molecule has 1 aliphatic heterocycles. The van der Waals surface area contributed by atoms with E-state index in [1.54, 1.807) is 18.2 Å². The van der Waals surface area contributed by atoms with Gasteiger partial charge in [0.05, 0.1) is 11.4 Å². The lowest BCUT2D eigenvalue weighted by Crippen LogP contribution is -2.20. The Balaban J connectivity index is 2.35. The highest BCUT2D eigenvalue weighted by atomic mass is 16.1. The van der Waals surface area contributed by atoms with Crippen LogP contribution in [0.25, 0.3) is 0 Å². The molecule has 1 fully saturated rings. The monoisotopic (exact) mass is 205 g/mol. The van der Waals surface area contributed by atoms with Gasteiger partial charge >= 0.3 is 0 Å². The zero-order valence-electron chi connectivity index (χ0n) is 8.57. The highest BCUT2D eigenvalue weighted by Crippen LogP contribution is 2.27. The quantitative estimate of drug-likeness (QED) is 0.706. The van der Waals surface area contributed by atoms with Crippen LogP contribution < -0.4 is 16.4 Å². The van der Waals surface area contributed by atoms with Gasteiger partial charge in [0, 0.05) is 18.7 Å². The Morgan fingerprint density at radius 3 is 2.53 bits per heavy atom. The molecule has 4 N–H and O–H groups in total. The predicted molar refractivity (Wildman–Crippen MR) is 60.8 cm³/mol. The van der Waals surface area contributed by atoms with E-state index >= 15 is 0 Å². The van der Waals surface area contributed by atoms with Gasteiger partial charge in [-0.1, -0.05) is 0 Å². The lowest BCUT2D eigenvalue weighted by molar-refractivity contribution is 0.100. The van der Waals surface area contributed by atoms with Crippen molar-refractivity contribution < 1.29 is 4.79 Å². The number of carbonyl (C=O) groups excluding carboxylic acids is 1. The summed E-state index contributed by atoms with van der Waals surface area (Å²) in [5.74, 6) is -0.407. The number of hydrogen-bond donors (Lipinski definition) is 2. The maximum Gasteiger partial charge on any atom is 0.248 e. The molecule has 2 rings (SSSR count). The fourth-order valence-corrected chi connectivity index (χ4v) is 1.93. The summed E-state index contributed by atoms with van der Waals surface area (Å²) in [7, 11) is 0. The average Bonchev–Trinajstić information content (AvgIpc) is 2.71. The van der Waals surface area contributed by atoms with Crippen molar-refractivity contribution in [3.8, 4) is 0 Å². The van der Waals surface area contributed by atoms with Crippen molar-refractivity contribution in [1.29, 1.82) is 0 Å². The molecule has 0 bridgehead atoms. The van der Waals surface area contributed by atoms with E-state index in [4.69, 9.17) is 11.5 Å². The van der Waals surface area contributed by atoms with E-state index in [9.17, 15) is 4.79 Å². The molecule has 1 aliphatic rings. The third kappa shape index (κ3) is 1.88. The largest absolute Gasteiger partial charge is 0.397 e. The third-order valence-electron chi connectivity index (χ3n) is 2.76. The van der Waals surface area contributed by atoms with Gasteiger partial charge < -0.3 is 16.4 Å². The summed E-state index contributed by atoms with van der Waals surface area (Å²) < 4.78 is 0. The zero-order valence-corrected chi connectivity index (χ0v) is 8.57. The van der Waals surface area contributed by atoms with Gasteiger partial charge in [-0.2, -0.15) is 0 Å². The first-order valence-electron chi connectivity index (χ1n) is 5.13. The van der Waals surface area contributed by atoms with Gasteiger partial charge in [0.1, 0.15) is 0 Å². The highest BCUT2D eigenvalue weighted by Gasteiger charge is 2.15. The van der Waals surface area contributed by atoms with Crippen LogP contribution in [-0.4, -0.2) is 19.0 Å². The SMILES string of the molecule is NC(=O)c1ccc(N)c(N2CCCC2)c1. The molecule has 15 heavy (non-hydrogen) atoms.